The molecule has 0 heterocycles. The minimum atomic E-state index is -3.62. The number of aliphatic hydroxyl groups is 1. The van der Waals surface area contributed by atoms with Gasteiger partial charge in [-0.2, -0.15) is 0 Å². The van der Waals surface area contributed by atoms with Crippen LogP contribution < -0.4 is 15.2 Å². The third kappa shape index (κ3) is 2.84. The van der Waals surface area contributed by atoms with E-state index >= 15 is 0 Å². The Morgan fingerprint density at radius 2 is 2.19 bits per heavy atom. The number of benzene rings is 1. The van der Waals surface area contributed by atoms with E-state index in [0.717, 1.165) is 0 Å². The summed E-state index contributed by atoms with van der Waals surface area (Å²) in [5.74, 6) is 0.164. The zero-order valence-electron chi connectivity index (χ0n) is 8.80. The van der Waals surface area contributed by atoms with Gasteiger partial charge in [0.05, 0.1) is 6.61 Å². The monoisotopic (exact) mass is 246 g/mol. The maximum absolute atomic E-state index is 11.6. The Hall–Kier alpha value is -1.31. The summed E-state index contributed by atoms with van der Waals surface area (Å²) in [4.78, 5) is -0.0385. The summed E-state index contributed by atoms with van der Waals surface area (Å²) in [6.45, 7) is -0.167. The van der Waals surface area contributed by atoms with Crippen LogP contribution in [-0.4, -0.2) is 33.8 Å². The van der Waals surface area contributed by atoms with Crippen LogP contribution in [0.15, 0.2) is 23.1 Å². The number of rotatable bonds is 5. The predicted molar refractivity (Wildman–Crippen MR) is 59.7 cm³/mol. The number of hydrogen-bond acceptors (Lipinski definition) is 5. The lowest BCUT2D eigenvalue weighted by molar-refractivity contribution is 0.198. The highest BCUT2D eigenvalue weighted by Crippen LogP contribution is 2.25. The van der Waals surface area contributed by atoms with Gasteiger partial charge in [0.1, 0.15) is 17.3 Å². The van der Waals surface area contributed by atoms with E-state index < -0.39 is 10.0 Å². The molecule has 0 aliphatic carbocycles. The Morgan fingerprint density at radius 1 is 1.50 bits per heavy atom. The van der Waals surface area contributed by atoms with Crippen molar-refractivity contribution >= 4 is 15.7 Å². The SMILES string of the molecule is CNS(=O)(=O)c1cc(N)ccc1OCCO. The van der Waals surface area contributed by atoms with Gasteiger partial charge < -0.3 is 15.6 Å². The van der Waals surface area contributed by atoms with Crippen molar-refractivity contribution in [2.45, 2.75) is 4.90 Å². The Balaban J connectivity index is 3.18. The fourth-order valence-corrected chi connectivity index (χ4v) is 2.02. The van der Waals surface area contributed by atoms with Gasteiger partial charge in [0.25, 0.3) is 0 Å². The van der Waals surface area contributed by atoms with E-state index in [1.807, 2.05) is 0 Å². The van der Waals surface area contributed by atoms with E-state index in [1.54, 1.807) is 0 Å². The highest BCUT2D eigenvalue weighted by atomic mass is 32.2. The molecule has 1 aromatic rings. The van der Waals surface area contributed by atoms with Gasteiger partial charge in [-0.3, -0.25) is 0 Å². The Bertz CT molecular complexity index is 459. The molecule has 0 aliphatic heterocycles. The molecule has 4 N–H and O–H groups in total. The molecule has 1 rings (SSSR count). The Morgan fingerprint density at radius 3 is 2.75 bits per heavy atom. The van der Waals surface area contributed by atoms with Crippen LogP contribution in [-0.2, 0) is 10.0 Å². The van der Waals surface area contributed by atoms with Gasteiger partial charge in [0, 0.05) is 5.69 Å². The summed E-state index contributed by atoms with van der Waals surface area (Å²) in [5, 5.41) is 8.62. The lowest BCUT2D eigenvalue weighted by Gasteiger charge is -2.11. The fourth-order valence-electron chi connectivity index (χ4n) is 1.12. The highest BCUT2D eigenvalue weighted by Gasteiger charge is 2.18. The number of aliphatic hydroxyl groups excluding tert-OH is 1. The summed E-state index contributed by atoms with van der Waals surface area (Å²) in [5.41, 5.74) is 5.83. The molecule has 6 nitrogen and oxygen atoms in total. The van der Waals surface area contributed by atoms with Crippen molar-refractivity contribution in [3.63, 3.8) is 0 Å². The van der Waals surface area contributed by atoms with Gasteiger partial charge in [-0.15, -0.1) is 0 Å². The number of nitrogens with one attached hydrogen (secondary N) is 1. The molecule has 0 aromatic heterocycles. The molecule has 90 valence electrons. The van der Waals surface area contributed by atoms with Crippen molar-refractivity contribution in [1.82, 2.24) is 4.72 Å². The predicted octanol–water partition coefficient (Wildman–Crippen LogP) is -0.452. The maximum atomic E-state index is 11.6. The molecule has 0 radical (unpaired) electrons. The Labute approximate surface area is 94.1 Å². The average molecular weight is 246 g/mol. The van der Waals surface area contributed by atoms with Crippen LogP contribution in [0.5, 0.6) is 5.75 Å². The molecule has 0 amide bonds. The largest absolute Gasteiger partial charge is 0.490 e. The van der Waals surface area contributed by atoms with Crippen LogP contribution in [0, 0.1) is 0 Å². The summed E-state index contributed by atoms with van der Waals surface area (Å²) < 4.78 is 30.5. The molecule has 0 saturated heterocycles. The summed E-state index contributed by atoms with van der Waals surface area (Å²) in [7, 11) is -2.32. The van der Waals surface area contributed by atoms with Crippen molar-refractivity contribution < 1.29 is 18.3 Å². The second kappa shape index (κ2) is 5.15. The second-order valence-corrected chi connectivity index (χ2v) is 4.84. The first kappa shape index (κ1) is 12.8. The van der Waals surface area contributed by atoms with E-state index in [4.69, 9.17) is 15.6 Å². The zero-order chi connectivity index (χ0) is 12.2. The van der Waals surface area contributed by atoms with E-state index in [9.17, 15) is 8.42 Å². The molecule has 0 saturated carbocycles. The summed E-state index contributed by atoms with van der Waals surface area (Å²) >= 11 is 0. The van der Waals surface area contributed by atoms with Crippen LogP contribution in [0.3, 0.4) is 0 Å². The first-order chi connectivity index (χ1) is 7.51. The first-order valence-electron chi connectivity index (χ1n) is 4.58. The fraction of sp³-hybridized carbons (Fsp3) is 0.333. The van der Waals surface area contributed by atoms with Gasteiger partial charge in [0.2, 0.25) is 10.0 Å². The van der Waals surface area contributed by atoms with E-state index in [0.29, 0.717) is 5.69 Å². The van der Waals surface area contributed by atoms with Gasteiger partial charge in [0.15, 0.2) is 0 Å². The van der Waals surface area contributed by atoms with Crippen LogP contribution in [0.4, 0.5) is 5.69 Å². The topological polar surface area (TPSA) is 102 Å². The van der Waals surface area contributed by atoms with Gasteiger partial charge >= 0.3 is 0 Å². The Kier molecular flexibility index (Phi) is 4.11. The zero-order valence-corrected chi connectivity index (χ0v) is 9.62. The molecular weight excluding hydrogens is 232 g/mol. The van der Waals surface area contributed by atoms with Crippen molar-refractivity contribution in [1.29, 1.82) is 0 Å². The lowest BCUT2D eigenvalue weighted by atomic mass is 10.3. The van der Waals surface area contributed by atoms with Gasteiger partial charge in [-0.1, -0.05) is 0 Å². The third-order valence-electron chi connectivity index (χ3n) is 1.87. The molecule has 0 bridgehead atoms. The molecule has 0 unspecified atom stereocenters. The number of sulfonamides is 1. The first-order valence-corrected chi connectivity index (χ1v) is 6.06. The van der Waals surface area contributed by atoms with E-state index in [2.05, 4.69) is 4.72 Å². The molecule has 0 spiro atoms. The lowest BCUT2D eigenvalue weighted by Crippen LogP contribution is -2.20. The molecule has 0 aliphatic rings. The molecular formula is C9H14N2O4S. The van der Waals surface area contributed by atoms with E-state index in [1.165, 1.54) is 25.2 Å². The minimum Gasteiger partial charge on any atom is -0.490 e. The van der Waals surface area contributed by atoms with Crippen molar-refractivity contribution in [2.24, 2.45) is 0 Å². The van der Waals surface area contributed by atoms with Crippen molar-refractivity contribution in [2.75, 3.05) is 26.0 Å². The molecule has 0 atom stereocenters. The molecule has 1 aromatic carbocycles. The maximum Gasteiger partial charge on any atom is 0.244 e. The number of nitrogens with two attached hydrogens (primary N) is 1. The molecule has 7 heteroatoms. The van der Waals surface area contributed by atoms with Crippen molar-refractivity contribution in [3.05, 3.63) is 18.2 Å². The summed E-state index contributed by atoms with van der Waals surface area (Å²) in [6.07, 6.45) is 0. The second-order valence-electron chi connectivity index (χ2n) is 2.99. The normalized spacial score (nSPS) is 11.4. The average Bonchev–Trinajstić information content (AvgIpc) is 2.27. The number of hydrogen-bond donors (Lipinski definition) is 3. The van der Waals surface area contributed by atoms with Gasteiger partial charge in [-0.25, -0.2) is 13.1 Å². The van der Waals surface area contributed by atoms with Crippen LogP contribution in [0.25, 0.3) is 0 Å². The number of anilines is 1. The van der Waals surface area contributed by atoms with Crippen molar-refractivity contribution in [3.8, 4) is 5.75 Å². The van der Waals surface area contributed by atoms with Gasteiger partial charge in [-0.05, 0) is 25.2 Å². The van der Waals surface area contributed by atoms with Crippen LogP contribution in [0.2, 0.25) is 0 Å². The van der Waals surface area contributed by atoms with Crippen LogP contribution in [0.1, 0.15) is 0 Å². The van der Waals surface area contributed by atoms with Crippen LogP contribution >= 0.6 is 0 Å². The third-order valence-corrected chi connectivity index (χ3v) is 3.31. The molecule has 0 fully saturated rings. The minimum absolute atomic E-state index is 0.0240. The smallest absolute Gasteiger partial charge is 0.244 e. The number of ether oxygens (including phenoxy) is 1. The quantitative estimate of drug-likeness (QED) is 0.611. The molecule has 16 heavy (non-hydrogen) atoms. The summed E-state index contributed by atoms with van der Waals surface area (Å²) in [6, 6.07) is 4.29. The van der Waals surface area contributed by atoms with E-state index in [-0.39, 0.29) is 23.9 Å². The number of nitrogen functional groups attached to an aromatic ring is 1. The highest BCUT2D eigenvalue weighted by molar-refractivity contribution is 7.89. The standard InChI is InChI=1S/C9H14N2O4S/c1-11-16(13,14)9-6-7(10)2-3-8(9)15-5-4-12/h2-3,6,11-12H,4-5,10H2,1H3.